The number of aryl methyl sites for hydroxylation is 1. The zero-order valence-electron chi connectivity index (χ0n) is 17.1. The third-order valence-electron chi connectivity index (χ3n) is 4.96. The third-order valence-corrected chi connectivity index (χ3v) is 4.96. The molecule has 0 unspecified atom stereocenters. The molecule has 2 aromatic carbocycles. The predicted molar refractivity (Wildman–Crippen MR) is 114 cm³/mol. The highest BCUT2D eigenvalue weighted by Gasteiger charge is 2.45. The van der Waals surface area contributed by atoms with Gasteiger partial charge < -0.3 is 19.5 Å². The molecule has 0 aromatic heterocycles. The smallest absolute Gasteiger partial charge is 0.295 e. The maximum Gasteiger partial charge on any atom is 0.295 e. The first kappa shape index (κ1) is 21.3. The van der Waals surface area contributed by atoms with Gasteiger partial charge >= 0.3 is 0 Å². The number of ether oxygens (including phenoxy) is 2. The molecule has 1 saturated heterocycles. The highest BCUT2D eigenvalue weighted by atomic mass is 16.5. The second-order valence-corrected chi connectivity index (χ2v) is 7.02. The third kappa shape index (κ3) is 4.28. The van der Waals surface area contributed by atoms with Gasteiger partial charge in [0.2, 0.25) is 0 Å². The molecule has 1 atom stereocenters. The number of hydrogen-bond donors (Lipinski definition) is 1. The number of rotatable bonds is 8. The predicted octanol–water partition coefficient (Wildman–Crippen LogP) is 3.63. The van der Waals surface area contributed by atoms with E-state index in [-0.39, 0.29) is 24.5 Å². The van der Waals surface area contributed by atoms with E-state index in [0.29, 0.717) is 23.5 Å². The highest BCUT2D eigenvalue weighted by Crippen LogP contribution is 2.39. The van der Waals surface area contributed by atoms with Crippen LogP contribution >= 0.6 is 0 Å². The second-order valence-electron chi connectivity index (χ2n) is 7.02. The molecular formula is C24H25NO5. The first-order valence-electron chi connectivity index (χ1n) is 9.66. The Morgan fingerprint density at radius 3 is 2.40 bits per heavy atom. The molecule has 3 rings (SSSR count). The van der Waals surface area contributed by atoms with Crippen LogP contribution in [0.5, 0.6) is 5.75 Å². The van der Waals surface area contributed by atoms with Crippen LogP contribution in [-0.4, -0.2) is 48.6 Å². The number of ketones is 1. The van der Waals surface area contributed by atoms with Crippen LogP contribution in [0.4, 0.5) is 0 Å². The molecule has 0 spiro atoms. The molecule has 1 amide bonds. The fourth-order valence-corrected chi connectivity index (χ4v) is 3.42. The minimum absolute atomic E-state index is 0.0692. The van der Waals surface area contributed by atoms with Gasteiger partial charge in [0.25, 0.3) is 11.7 Å². The van der Waals surface area contributed by atoms with Crippen molar-refractivity contribution in [3.05, 3.63) is 83.4 Å². The van der Waals surface area contributed by atoms with Crippen molar-refractivity contribution in [1.29, 1.82) is 0 Å². The van der Waals surface area contributed by atoms with E-state index in [1.165, 1.54) is 12.0 Å². The fourth-order valence-electron chi connectivity index (χ4n) is 3.42. The molecule has 0 aliphatic carbocycles. The topological polar surface area (TPSA) is 76.1 Å². The van der Waals surface area contributed by atoms with Crippen molar-refractivity contribution in [3.63, 3.8) is 0 Å². The van der Waals surface area contributed by atoms with E-state index in [9.17, 15) is 14.7 Å². The molecule has 30 heavy (non-hydrogen) atoms. The van der Waals surface area contributed by atoms with E-state index < -0.39 is 17.7 Å². The summed E-state index contributed by atoms with van der Waals surface area (Å²) in [5.74, 6) is -0.907. The number of likely N-dealkylation sites (tertiary alicyclic amines) is 1. The lowest BCUT2D eigenvalue weighted by Gasteiger charge is -2.25. The summed E-state index contributed by atoms with van der Waals surface area (Å²) in [4.78, 5) is 27.0. The summed E-state index contributed by atoms with van der Waals surface area (Å²) in [6.07, 6.45) is 1.65. The quantitative estimate of drug-likeness (QED) is 0.313. The molecular weight excluding hydrogens is 382 g/mol. The molecule has 156 valence electrons. The Bertz CT molecular complexity index is 960. The summed E-state index contributed by atoms with van der Waals surface area (Å²) < 4.78 is 10.6. The van der Waals surface area contributed by atoms with Crippen molar-refractivity contribution in [2.24, 2.45) is 0 Å². The molecule has 2 aromatic rings. The standard InChI is InChI=1S/C24H25NO5/c1-4-14-30-19-11-9-17(10-12-19)21-20(22(26)18-7-5-16(2)6-8-18)23(27)24(28)25(21)13-15-29-3/h4-12,21,26H,1,13-15H2,2-3H3/t21-/m0/s1. The number of methoxy groups -OCH3 is 1. The van der Waals surface area contributed by atoms with Gasteiger partial charge in [-0.1, -0.05) is 54.6 Å². The highest BCUT2D eigenvalue weighted by molar-refractivity contribution is 6.46. The molecule has 6 heteroatoms. The largest absolute Gasteiger partial charge is 0.507 e. The molecule has 1 aliphatic rings. The van der Waals surface area contributed by atoms with Crippen LogP contribution in [0.25, 0.3) is 5.76 Å². The van der Waals surface area contributed by atoms with E-state index in [0.717, 1.165) is 5.56 Å². The molecule has 1 N–H and O–H groups in total. The van der Waals surface area contributed by atoms with Gasteiger partial charge in [0, 0.05) is 19.2 Å². The molecule has 6 nitrogen and oxygen atoms in total. The zero-order chi connectivity index (χ0) is 21.7. The molecule has 1 aliphatic heterocycles. The van der Waals surface area contributed by atoms with Gasteiger partial charge in [0.1, 0.15) is 18.1 Å². The Morgan fingerprint density at radius 2 is 1.80 bits per heavy atom. The lowest BCUT2D eigenvalue weighted by molar-refractivity contribution is -0.140. The number of aliphatic hydroxyl groups is 1. The molecule has 1 heterocycles. The number of carbonyl (C=O) groups is 2. The van der Waals surface area contributed by atoms with Crippen LogP contribution in [0, 0.1) is 6.92 Å². The minimum Gasteiger partial charge on any atom is -0.507 e. The maximum atomic E-state index is 12.9. The summed E-state index contributed by atoms with van der Waals surface area (Å²) in [6, 6.07) is 13.5. The van der Waals surface area contributed by atoms with Gasteiger partial charge in [-0.2, -0.15) is 0 Å². The number of benzene rings is 2. The van der Waals surface area contributed by atoms with E-state index in [4.69, 9.17) is 9.47 Å². The monoisotopic (exact) mass is 407 g/mol. The van der Waals surface area contributed by atoms with Gasteiger partial charge in [-0.05, 0) is 24.6 Å². The summed E-state index contributed by atoms with van der Waals surface area (Å²) >= 11 is 0. The van der Waals surface area contributed by atoms with Gasteiger partial charge in [0.05, 0.1) is 18.2 Å². The van der Waals surface area contributed by atoms with Gasteiger partial charge in [-0.3, -0.25) is 9.59 Å². The zero-order valence-corrected chi connectivity index (χ0v) is 17.1. The Hall–Kier alpha value is -3.38. The lowest BCUT2D eigenvalue weighted by atomic mass is 9.95. The van der Waals surface area contributed by atoms with Crippen LogP contribution in [0.3, 0.4) is 0 Å². The number of amides is 1. The maximum absolute atomic E-state index is 12.9. The summed E-state index contributed by atoms with van der Waals surface area (Å²) in [5.41, 5.74) is 2.28. The van der Waals surface area contributed by atoms with Crippen molar-refractivity contribution in [2.75, 3.05) is 26.9 Å². The van der Waals surface area contributed by atoms with E-state index >= 15 is 0 Å². The molecule has 0 radical (unpaired) electrons. The average Bonchev–Trinajstić information content (AvgIpc) is 3.01. The van der Waals surface area contributed by atoms with E-state index in [2.05, 4.69) is 6.58 Å². The summed E-state index contributed by atoms with van der Waals surface area (Å²) in [6.45, 7) is 6.43. The van der Waals surface area contributed by atoms with Crippen LogP contribution < -0.4 is 4.74 Å². The Morgan fingerprint density at radius 1 is 1.13 bits per heavy atom. The Balaban J connectivity index is 2.07. The van der Waals surface area contributed by atoms with Crippen LogP contribution in [0.2, 0.25) is 0 Å². The first-order valence-corrected chi connectivity index (χ1v) is 9.66. The summed E-state index contributed by atoms with van der Waals surface area (Å²) in [7, 11) is 1.53. The molecule has 1 fully saturated rings. The van der Waals surface area contributed by atoms with E-state index in [1.807, 2.05) is 19.1 Å². The van der Waals surface area contributed by atoms with Crippen molar-refractivity contribution < 1.29 is 24.2 Å². The van der Waals surface area contributed by atoms with Gasteiger partial charge in [0.15, 0.2) is 0 Å². The van der Waals surface area contributed by atoms with E-state index in [1.54, 1.807) is 42.5 Å². The summed E-state index contributed by atoms with van der Waals surface area (Å²) in [5, 5.41) is 11.0. The van der Waals surface area contributed by atoms with Gasteiger partial charge in [-0.25, -0.2) is 0 Å². The first-order chi connectivity index (χ1) is 14.5. The van der Waals surface area contributed by atoms with Crippen LogP contribution in [0.1, 0.15) is 22.7 Å². The minimum atomic E-state index is -0.713. The van der Waals surface area contributed by atoms with Crippen LogP contribution in [-0.2, 0) is 14.3 Å². The molecule has 0 saturated carbocycles. The number of hydrogen-bond acceptors (Lipinski definition) is 5. The Kier molecular flexibility index (Phi) is 6.69. The Labute approximate surface area is 176 Å². The van der Waals surface area contributed by atoms with Crippen molar-refractivity contribution in [1.82, 2.24) is 4.90 Å². The number of nitrogens with zero attached hydrogens (tertiary/aromatic N) is 1. The fraction of sp³-hybridized carbons (Fsp3) is 0.250. The van der Waals surface area contributed by atoms with Crippen molar-refractivity contribution in [2.45, 2.75) is 13.0 Å². The van der Waals surface area contributed by atoms with Crippen molar-refractivity contribution in [3.8, 4) is 5.75 Å². The number of carbonyl (C=O) groups excluding carboxylic acids is 2. The molecule has 0 bridgehead atoms. The number of Topliss-reactive ketones (excluding diaryl/α,β-unsaturated/α-hetero) is 1. The van der Waals surface area contributed by atoms with Crippen molar-refractivity contribution >= 4 is 17.4 Å². The SMILES string of the molecule is C=CCOc1ccc([C@H]2C(=C(O)c3ccc(C)cc3)C(=O)C(=O)N2CCOC)cc1. The second kappa shape index (κ2) is 9.41. The average molecular weight is 407 g/mol. The van der Waals surface area contributed by atoms with Gasteiger partial charge in [-0.15, -0.1) is 0 Å². The normalized spacial score (nSPS) is 17.9. The lowest BCUT2D eigenvalue weighted by Crippen LogP contribution is -2.32. The number of aliphatic hydroxyl groups excluding tert-OH is 1. The van der Waals surface area contributed by atoms with Crippen LogP contribution in [0.15, 0.2) is 66.8 Å².